The summed E-state index contributed by atoms with van der Waals surface area (Å²) in [5, 5.41) is 6.61. The number of likely N-dealkylation sites (N-methyl/N-ethyl adjacent to an activating group) is 1. The van der Waals surface area contributed by atoms with Gasteiger partial charge in [-0.2, -0.15) is 0 Å². The van der Waals surface area contributed by atoms with E-state index >= 15 is 0 Å². The van der Waals surface area contributed by atoms with Crippen LogP contribution in [0, 0.1) is 0 Å². The van der Waals surface area contributed by atoms with Gasteiger partial charge in [0.15, 0.2) is 0 Å². The minimum atomic E-state index is -0.890. The zero-order chi connectivity index (χ0) is 25.9. The number of anilines is 1. The van der Waals surface area contributed by atoms with Gasteiger partial charge in [0.1, 0.15) is 23.6 Å². The van der Waals surface area contributed by atoms with Crippen LogP contribution in [0.15, 0.2) is 34.9 Å². The molecule has 36 heavy (non-hydrogen) atoms. The number of fused-ring (bicyclic) bond motifs is 1. The highest BCUT2D eigenvalue weighted by Crippen LogP contribution is 2.45. The summed E-state index contributed by atoms with van der Waals surface area (Å²) in [5.41, 5.74) is -0.153. The molecule has 2 aromatic heterocycles. The second kappa shape index (κ2) is 11.1. The van der Waals surface area contributed by atoms with Crippen molar-refractivity contribution in [2.45, 2.75) is 33.2 Å². The fourth-order valence-electron chi connectivity index (χ4n) is 4.10. The Morgan fingerprint density at radius 2 is 1.97 bits per heavy atom. The van der Waals surface area contributed by atoms with Crippen molar-refractivity contribution in [3.05, 3.63) is 34.9 Å². The SMILES string of the molecule is CCN(CC)CCOc1c(-c2nc(NCCN3C(=O)NC(=O)C3(C)C)ncc2Br)sc2ccccc12. The number of hydrogen-bond acceptors (Lipinski definition) is 8. The van der Waals surface area contributed by atoms with Crippen molar-refractivity contribution in [1.82, 2.24) is 25.1 Å². The van der Waals surface area contributed by atoms with Crippen LogP contribution < -0.4 is 15.4 Å². The van der Waals surface area contributed by atoms with E-state index in [0.717, 1.165) is 50.5 Å². The minimum absolute atomic E-state index is 0.298. The molecule has 4 rings (SSSR count). The molecule has 0 bridgehead atoms. The van der Waals surface area contributed by atoms with Crippen molar-refractivity contribution in [2.75, 3.05) is 44.6 Å². The molecular formula is C25H31BrN6O3S. The maximum atomic E-state index is 12.1. The number of halogens is 1. The van der Waals surface area contributed by atoms with Crippen molar-refractivity contribution in [3.63, 3.8) is 0 Å². The summed E-state index contributed by atoms with van der Waals surface area (Å²) in [6.45, 7) is 11.9. The number of carbonyl (C=O) groups excluding carboxylic acids is 2. The Labute approximate surface area is 223 Å². The molecular weight excluding hydrogens is 544 g/mol. The summed E-state index contributed by atoms with van der Waals surface area (Å²) < 4.78 is 8.24. The Bertz CT molecular complexity index is 1260. The molecule has 0 saturated carbocycles. The summed E-state index contributed by atoms with van der Waals surface area (Å²) in [7, 11) is 0. The highest BCUT2D eigenvalue weighted by Gasteiger charge is 2.45. The lowest BCUT2D eigenvalue weighted by Gasteiger charge is -2.27. The lowest BCUT2D eigenvalue weighted by molar-refractivity contribution is -0.125. The molecule has 3 amide bonds. The minimum Gasteiger partial charge on any atom is -0.490 e. The Balaban J connectivity index is 1.55. The van der Waals surface area contributed by atoms with Crippen LogP contribution in [-0.2, 0) is 4.79 Å². The molecule has 3 heterocycles. The van der Waals surface area contributed by atoms with Crippen LogP contribution >= 0.6 is 27.3 Å². The van der Waals surface area contributed by atoms with Gasteiger partial charge in [0.25, 0.3) is 5.91 Å². The number of nitrogens with zero attached hydrogens (tertiary/aromatic N) is 4. The summed E-state index contributed by atoms with van der Waals surface area (Å²) in [5.74, 6) is 0.957. The second-order valence-corrected chi connectivity index (χ2v) is 10.8. The third-order valence-corrected chi connectivity index (χ3v) is 8.11. The fraction of sp³-hybridized carbons (Fsp3) is 0.440. The van der Waals surface area contributed by atoms with Crippen molar-refractivity contribution in [1.29, 1.82) is 0 Å². The Hall–Kier alpha value is -2.76. The molecule has 1 aliphatic rings. The quantitative estimate of drug-likeness (QED) is 0.323. The van der Waals surface area contributed by atoms with Crippen LogP contribution in [0.4, 0.5) is 10.7 Å². The number of benzene rings is 1. The number of carbonyl (C=O) groups is 2. The number of amides is 3. The van der Waals surface area contributed by atoms with Gasteiger partial charge in [-0.15, -0.1) is 11.3 Å². The van der Waals surface area contributed by atoms with Crippen molar-refractivity contribution in [3.8, 4) is 16.3 Å². The van der Waals surface area contributed by atoms with Gasteiger partial charge in [-0.25, -0.2) is 14.8 Å². The average molecular weight is 576 g/mol. The monoisotopic (exact) mass is 574 g/mol. The molecule has 2 N–H and O–H groups in total. The average Bonchev–Trinajstić information content (AvgIpc) is 3.32. The molecule has 1 aliphatic heterocycles. The van der Waals surface area contributed by atoms with Crippen LogP contribution in [0.1, 0.15) is 27.7 Å². The van der Waals surface area contributed by atoms with Crippen molar-refractivity contribution < 1.29 is 14.3 Å². The molecule has 1 saturated heterocycles. The number of hydrogen-bond donors (Lipinski definition) is 2. The summed E-state index contributed by atoms with van der Waals surface area (Å²) in [6.07, 6.45) is 1.71. The Morgan fingerprint density at radius 3 is 2.67 bits per heavy atom. The molecule has 1 aromatic carbocycles. The molecule has 0 atom stereocenters. The fourth-order valence-corrected chi connectivity index (χ4v) is 5.78. The largest absolute Gasteiger partial charge is 0.490 e. The summed E-state index contributed by atoms with van der Waals surface area (Å²) in [6, 6.07) is 7.80. The number of ether oxygens (including phenoxy) is 1. The highest BCUT2D eigenvalue weighted by molar-refractivity contribution is 9.10. The molecule has 1 fully saturated rings. The first-order chi connectivity index (χ1) is 17.3. The van der Waals surface area contributed by atoms with Crippen LogP contribution in [0.25, 0.3) is 20.7 Å². The van der Waals surface area contributed by atoms with Gasteiger partial charge in [-0.1, -0.05) is 26.0 Å². The number of imide groups is 1. The predicted molar refractivity (Wildman–Crippen MR) is 147 cm³/mol. The topological polar surface area (TPSA) is 99.7 Å². The summed E-state index contributed by atoms with van der Waals surface area (Å²) in [4.78, 5) is 38.1. The van der Waals surface area contributed by atoms with Crippen LogP contribution in [0.3, 0.4) is 0 Å². The zero-order valence-electron chi connectivity index (χ0n) is 20.9. The molecule has 11 heteroatoms. The zero-order valence-corrected chi connectivity index (χ0v) is 23.3. The molecule has 0 aliphatic carbocycles. The number of nitrogens with one attached hydrogen (secondary N) is 2. The van der Waals surface area contributed by atoms with Gasteiger partial charge < -0.3 is 19.9 Å². The van der Waals surface area contributed by atoms with Crippen molar-refractivity contribution >= 4 is 55.2 Å². The van der Waals surface area contributed by atoms with E-state index in [9.17, 15) is 9.59 Å². The lowest BCUT2D eigenvalue weighted by atomic mass is 10.0. The second-order valence-electron chi connectivity index (χ2n) is 8.92. The third kappa shape index (κ3) is 5.33. The van der Waals surface area contributed by atoms with Crippen molar-refractivity contribution in [2.24, 2.45) is 0 Å². The third-order valence-electron chi connectivity index (χ3n) is 6.37. The number of rotatable bonds is 11. The van der Waals surface area contributed by atoms with Gasteiger partial charge in [-0.05, 0) is 55.0 Å². The van der Waals surface area contributed by atoms with Gasteiger partial charge in [0, 0.05) is 35.9 Å². The van der Waals surface area contributed by atoms with Gasteiger partial charge >= 0.3 is 6.03 Å². The van der Waals surface area contributed by atoms with Gasteiger partial charge in [0.2, 0.25) is 5.95 Å². The molecule has 0 radical (unpaired) electrons. The first-order valence-electron chi connectivity index (χ1n) is 12.0. The maximum absolute atomic E-state index is 12.1. The lowest BCUT2D eigenvalue weighted by Crippen LogP contribution is -2.46. The van der Waals surface area contributed by atoms with E-state index in [0.29, 0.717) is 25.6 Å². The van der Waals surface area contributed by atoms with E-state index in [1.54, 1.807) is 31.4 Å². The van der Waals surface area contributed by atoms with Gasteiger partial charge in [0.05, 0.1) is 9.35 Å². The normalized spacial score (nSPS) is 15.1. The van der Waals surface area contributed by atoms with Crippen LogP contribution in [-0.4, -0.2) is 76.6 Å². The van der Waals surface area contributed by atoms with E-state index in [4.69, 9.17) is 9.72 Å². The van der Waals surface area contributed by atoms with Crippen LogP contribution in [0.2, 0.25) is 0 Å². The van der Waals surface area contributed by atoms with E-state index < -0.39 is 5.54 Å². The standard InChI is InChI=1S/C25H31BrN6O3S/c1-5-31(6-2)13-14-35-20-16-9-7-8-10-18(16)36-21(20)19-17(26)15-28-23(29-19)27-11-12-32-24(34)30-22(33)25(32,3)4/h7-10,15H,5-6,11-14H2,1-4H3,(H,27,28,29)(H,30,33,34). The van der Waals surface area contributed by atoms with Crippen LogP contribution in [0.5, 0.6) is 5.75 Å². The Morgan fingerprint density at radius 1 is 1.22 bits per heavy atom. The molecule has 3 aromatic rings. The predicted octanol–water partition coefficient (Wildman–Crippen LogP) is 4.58. The summed E-state index contributed by atoms with van der Waals surface area (Å²) >= 11 is 5.24. The maximum Gasteiger partial charge on any atom is 0.325 e. The molecule has 9 nitrogen and oxygen atoms in total. The van der Waals surface area contributed by atoms with E-state index in [1.807, 2.05) is 12.1 Å². The van der Waals surface area contributed by atoms with E-state index in [2.05, 4.69) is 62.4 Å². The first kappa shape index (κ1) is 26.3. The highest BCUT2D eigenvalue weighted by atomic mass is 79.9. The van der Waals surface area contributed by atoms with Gasteiger partial charge in [-0.3, -0.25) is 10.1 Å². The Kier molecular flexibility index (Phi) is 8.11. The smallest absolute Gasteiger partial charge is 0.325 e. The molecule has 0 unspecified atom stereocenters. The first-order valence-corrected chi connectivity index (χ1v) is 13.6. The van der Waals surface area contributed by atoms with E-state index in [-0.39, 0.29) is 11.9 Å². The van der Waals surface area contributed by atoms with E-state index in [1.165, 1.54) is 4.90 Å². The number of thiophene rings is 1. The number of aromatic nitrogens is 2. The molecule has 192 valence electrons. The number of urea groups is 1. The molecule has 0 spiro atoms.